The number of halogens is 3. The lowest BCUT2D eigenvalue weighted by Crippen LogP contribution is -2.61. The number of nitrogens with zero attached hydrogens (tertiary/aromatic N) is 3. The zero-order valence-electron chi connectivity index (χ0n) is 18.3. The van der Waals surface area contributed by atoms with Crippen LogP contribution in [0.25, 0.3) is 10.4 Å². The summed E-state index contributed by atoms with van der Waals surface area (Å²) in [6.45, 7) is 1.22. The third-order valence-electron chi connectivity index (χ3n) is 4.75. The molecule has 1 aromatic carbocycles. The van der Waals surface area contributed by atoms with Crippen LogP contribution in [0, 0.1) is 0 Å². The molecule has 0 radical (unpaired) electrons. The summed E-state index contributed by atoms with van der Waals surface area (Å²) >= 11 is 0. The fraction of sp³-hybridized carbons (Fsp3) is 0.632. The minimum atomic E-state index is -6.15. The van der Waals surface area contributed by atoms with Gasteiger partial charge in [0.05, 0.1) is 11.6 Å². The van der Waals surface area contributed by atoms with Crippen LogP contribution in [-0.2, 0) is 33.2 Å². The Kier molecular flexibility index (Phi) is 10.1. The van der Waals surface area contributed by atoms with Gasteiger partial charge >= 0.3 is 21.6 Å². The van der Waals surface area contributed by atoms with Gasteiger partial charge in [0.1, 0.15) is 24.9 Å². The second-order valence-electron chi connectivity index (χ2n) is 7.09. The van der Waals surface area contributed by atoms with Gasteiger partial charge in [0.25, 0.3) is 0 Å². The third-order valence-corrected chi connectivity index (χ3v) is 5.79. The minimum Gasteiger partial charge on any atom is -0.459 e. The Morgan fingerprint density at radius 2 is 1.91 bits per heavy atom. The molecule has 1 heterocycles. The molecular formula is C19H24F3N3O8S. The molecule has 0 aromatic heterocycles. The highest BCUT2D eigenvalue weighted by atomic mass is 32.2. The Bertz CT molecular complexity index is 957. The average Bonchev–Trinajstić information content (AvgIpc) is 2.79. The van der Waals surface area contributed by atoms with Crippen molar-refractivity contribution in [2.45, 2.75) is 55.9 Å². The number of carbonyl (C=O) groups excluding carboxylic acids is 1. The van der Waals surface area contributed by atoms with Crippen LogP contribution >= 0.6 is 0 Å². The lowest BCUT2D eigenvalue weighted by atomic mass is 9.97. The molecule has 1 fully saturated rings. The van der Waals surface area contributed by atoms with E-state index >= 15 is 0 Å². The molecule has 1 saturated heterocycles. The van der Waals surface area contributed by atoms with Crippen molar-refractivity contribution in [1.82, 2.24) is 0 Å². The molecule has 0 amide bonds. The first kappa shape index (κ1) is 27.8. The van der Waals surface area contributed by atoms with Crippen molar-refractivity contribution in [3.8, 4) is 0 Å². The SMILES string of the molecule is CCCCO[C@H]1C(N=[N+]=[N-])[C@H](OS(=O)(=O)C(F)(F)F)C(COC(=O)c2ccccc2)O[C@H]1OC. The maximum atomic E-state index is 13.1. The van der Waals surface area contributed by atoms with Crippen LogP contribution < -0.4 is 0 Å². The van der Waals surface area contributed by atoms with Gasteiger partial charge in [-0.25, -0.2) is 4.79 Å². The van der Waals surface area contributed by atoms with Crippen LogP contribution in [0.2, 0.25) is 0 Å². The predicted octanol–water partition coefficient (Wildman–Crippen LogP) is 3.31. The molecule has 190 valence electrons. The summed E-state index contributed by atoms with van der Waals surface area (Å²) in [5.41, 5.74) is 3.37. The summed E-state index contributed by atoms with van der Waals surface area (Å²) in [6.07, 6.45) is -5.00. The Hall–Kier alpha value is -2.42. The van der Waals surface area contributed by atoms with Gasteiger partial charge in [-0.3, -0.25) is 4.18 Å². The molecule has 11 nitrogen and oxygen atoms in total. The smallest absolute Gasteiger partial charge is 0.459 e. The van der Waals surface area contributed by atoms with E-state index in [0.29, 0.717) is 12.8 Å². The van der Waals surface area contributed by atoms with E-state index in [0.717, 1.165) is 0 Å². The highest BCUT2D eigenvalue weighted by Crippen LogP contribution is 2.34. The Morgan fingerprint density at radius 3 is 2.47 bits per heavy atom. The number of unbranched alkanes of at least 4 members (excludes halogenated alkanes) is 1. The summed E-state index contributed by atoms with van der Waals surface area (Å²) in [5.74, 6) is -0.850. The van der Waals surface area contributed by atoms with E-state index < -0.39 is 58.8 Å². The summed E-state index contributed by atoms with van der Waals surface area (Å²) < 4.78 is 88.5. The summed E-state index contributed by atoms with van der Waals surface area (Å²) in [6, 6.07) is 6.02. The van der Waals surface area contributed by atoms with Gasteiger partial charge in [-0.2, -0.15) is 21.6 Å². The molecule has 2 rings (SSSR count). The molecule has 0 aliphatic carbocycles. The Morgan fingerprint density at radius 1 is 1.24 bits per heavy atom. The maximum Gasteiger partial charge on any atom is 0.523 e. The van der Waals surface area contributed by atoms with E-state index in [1.54, 1.807) is 18.2 Å². The molecule has 2 unspecified atom stereocenters. The first-order valence-electron chi connectivity index (χ1n) is 10.1. The van der Waals surface area contributed by atoms with Crippen molar-refractivity contribution < 1.29 is 49.5 Å². The fourth-order valence-electron chi connectivity index (χ4n) is 3.09. The van der Waals surface area contributed by atoms with Gasteiger partial charge in [0, 0.05) is 18.6 Å². The van der Waals surface area contributed by atoms with E-state index in [-0.39, 0.29) is 12.2 Å². The molecule has 0 N–H and O–H groups in total. The number of rotatable bonds is 11. The molecule has 34 heavy (non-hydrogen) atoms. The molecule has 1 aliphatic heterocycles. The summed E-state index contributed by atoms with van der Waals surface area (Å²) in [4.78, 5) is 14.9. The standard InChI is InChI=1S/C19H24F3N3O8S/c1-3-4-10-30-16-14(24-25-23)15(33-34(27,28)19(20,21)22)13(32-18(16)29-2)11-31-17(26)12-8-6-5-7-9-12/h5-9,13-16,18H,3-4,10-11H2,1-2H3/t13?,14?,15-,16+,18-/m1/s1. The summed E-state index contributed by atoms with van der Waals surface area (Å²) in [5, 5.41) is 3.42. The van der Waals surface area contributed by atoms with E-state index in [1.807, 2.05) is 6.92 Å². The van der Waals surface area contributed by atoms with Crippen molar-refractivity contribution in [2.75, 3.05) is 20.3 Å². The molecule has 1 aliphatic rings. The van der Waals surface area contributed by atoms with Gasteiger partial charge in [0.15, 0.2) is 6.29 Å². The van der Waals surface area contributed by atoms with Crippen LogP contribution in [0.15, 0.2) is 35.4 Å². The second kappa shape index (κ2) is 12.3. The lowest BCUT2D eigenvalue weighted by molar-refractivity contribution is -0.274. The highest BCUT2D eigenvalue weighted by molar-refractivity contribution is 7.87. The number of benzene rings is 1. The molecule has 1 aromatic rings. The number of esters is 1. The topological polar surface area (TPSA) is 146 Å². The van der Waals surface area contributed by atoms with Gasteiger partial charge < -0.3 is 18.9 Å². The van der Waals surface area contributed by atoms with Crippen LogP contribution in [0.3, 0.4) is 0 Å². The number of carbonyl (C=O) groups is 1. The normalized spacial score (nSPS) is 25.4. The van der Waals surface area contributed by atoms with Gasteiger partial charge in [0.2, 0.25) is 0 Å². The largest absolute Gasteiger partial charge is 0.523 e. The van der Waals surface area contributed by atoms with Crippen molar-refractivity contribution >= 4 is 16.1 Å². The van der Waals surface area contributed by atoms with E-state index in [4.69, 9.17) is 24.5 Å². The lowest BCUT2D eigenvalue weighted by Gasteiger charge is -2.43. The van der Waals surface area contributed by atoms with Crippen molar-refractivity contribution in [1.29, 1.82) is 0 Å². The zero-order chi connectivity index (χ0) is 25.4. The Labute approximate surface area is 193 Å². The van der Waals surface area contributed by atoms with Crippen LogP contribution in [-0.4, -0.2) is 70.9 Å². The average molecular weight is 511 g/mol. The molecule has 15 heteroatoms. The molecule has 0 spiro atoms. The van der Waals surface area contributed by atoms with Gasteiger partial charge in [-0.15, -0.1) is 0 Å². The first-order valence-corrected chi connectivity index (χ1v) is 11.5. The molecule has 5 atom stereocenters. The zero-order valence-corrected chi connectivity index (χ0v) is 19.1. The highest BCUT2D eigenvalue weighted by Gasteiger charge is 2.55. The van der Waals surface area contributed by atoms with Gasteiger partial charge in [-0.05, 0) is 24.1 Å². The minimum absolute atomic E-state index is 0.0915. The summed E-state index contributed by atoms with van der Waals surface area (Å²) in [7, 11) is -4.94. The number of hydrogen-bond donors (Lipinski definition) is 0. The number of alkyl halides is 3. The van der Waals surface area contributed by atoms with Gasteiger partial charge in [-0.1, -0.05) is 36.7 Å². The number of methoxy groups -OCH3 is 1. The quantitative estimate of drug-likeness (QED) is 0.0836. The fourth-order valence-corrected chi connectivity index (χ4v) is 3.73. The predicted molar refractivity (Wildman–Crippen MR) is 110 cm³/mol. The molecule has 0 saturated carbocycles. The van der Waals surface area contributed by atoms with Crippen molar-refractivity contribution in [3.63, 3.8) is 0 Å². The monoisotopic (exact) mass is 511 g/mol. The molecule has 0 bridgehead atoms. The van der Waals surface area contributed by atoms with E-state index in [9.17, 15) is 26.4 Å². The number of ether oxygens (including phenoxy) is 4. The number of hydrogen-bond acceptors (Lipinski definition) is 9. The first-order chi connectivity index (χ1) is 16.1. The number of azide groups is 1. The van der Waals surface area contributed by atoms with Crippen molar-refractivity contribution in [2.24, 2.45) is 5.11 Å². The van der Waals surface area contributed by atoms with Crippen LogP contribution in [0.5, 0.6) is 0 Å². The van der Waals surface area contributed by atoms with Crippen molar-refractivity contribution in [3.05, 3.63) is 46.3 Å². The van der Waals surface area contributed by atoms with E-state index in [1.165, 1.54) is 19.2 Å². The van der Waals surface area contributed by atoms with Crippen LogP contribution in [0.1, 0.15) is 30.1 Å². The molecular weight excluding hydrogens is 487 g/mol. The van der Waals surface area contributed by atoms with Crippen LogP contribution in [0.4, 0.5) is 13.2 Å². The third kappa shape index (κ3) is 7.04. The maximum absolute atomic E-state index is 13.1. The Balaban J connectivity index is 2.37. The van der Waals surface area contributed by atoms with E-state index in [2.05, 4.69) is 14.2 Å². The second-order valence-corrected chi connectivity index (χ2v) is 8.65.